The molecular weight excluding hydrogens is 626 g/mol. The van der Waals surface area contributed by atoms with Crippen LogP contribution >= 0.6 is 0 Å². The smallest absolute Gasteiger partial charge is 0.306 e. The molecule has 0 aromatic rings. The van der Waals surface area contributed by atoms with Gasteiger partial charge >= 0.3 is 17.9 Å². The predicted molar refractivity (Wildman–Crippen MR) is 209 cm³/mol. The molecule has 0 atom stereocenters. The lowest BCUT2D eigenvalue weighted by Gasteiger charge is -2.21. The maximum absolute atomic E-state index is 12.6. The number of ether oxygens (including phenoxy) is 3. The summed E-state index contributed by atoms with van der Waals surface area (Å²) in [5.41, 5.74) is 0. The Morgan fingerprint density at radius 2 is 0.680 bits per heavy atom. The molecule has 0 radical (unpaired) electrons. The molecule has 0 fully saturated rings. The fourth-order valence-electron chi connectivity index (χ4n) is 6.72. The van der Waals surface area contributed by atoms with Crippen LogP contribution in [0.3, 0.4) is 0 Å². The van der Waals surface area contributed by atoms with Crippen LogP contribution in [0.2, 0.25) is 0 Å². The second-order valence-corrected chi connectivity index (χ2v) is 17.1. The van der Waals surface area contributed by atoms with E-state index in [0.29, 0.717) is 42.9 Å². The van der Waals surface area contributed by atoms with Crippen LogP contribution in [-0.2, 0) is 28.6 Å². The summed E-state index contributed by atoms with van der Waals surface area (Å²) in [6.45, 7) is 18.4. The largest absolute Gasteiger partial charge is 0.462 e. The second-order valence-electron chi connectivity index (χ2n) is 17.1. The zero-order chi connectivity index (χ0) is 37.7. The summed E-state index contributed by atoms with van der Waals surface area (Å²) in [6, 6.07) is 0. The van der Waals surface area contributed by atoms with Crippen molar-refractivity contribution in [3.63, 3.8) is 0 Å². The van der Waals surface area contributed by atoms with Gasteiger partial charge in [0.15, 0.2) is 0 Å². The van der Waals surface area contributed by atoms with Crippen LogP contribution < -0.4 is 0 Å². The van der Waals surface area contributed by atoms with Gasteiger partial charge in [-0.2, -0.15) is 0 Å². The van der Waals surface area contributed by atoms with E-state index in [2.05, 4.69) is 60.3 Å². The molecule has 0 N–H and O–H groups in total. The molecule has 0 unspecified atom stereocenters. The fraction of sp³-hybridized carbons (Fsp3) is 0.930. The van der Waals surface area contributed by atoms with E-state index in [1.54, 1.807) is 0 Å². The van der Waals surface area contributed by atoms with Gasteiger partial charge in [0.25, 0.3) is 0 Å². The van der Waals surface area contributed by atoms with Crippen LogP contribution in [0.1, 0.15) is 197 Å². The molecule has 7 heteroatoms. The number of nitrogens with zero attached hydrogens (tertiary/aromatic N) is 1. The average Bonchev–Trinajstić information content (AvgIpc) is 2.97. The Morgan fingerprint density at radius 3 is 1.00 bits per heavy atom. The molecule has 296 valence electrons. The van der Waals surface area contributed by atoms with Crippen molar-refractivity contribution in [3.05, 3.63) is 0 Å². The van der Waals surface area contributed by atoms with Gasteiger partial charge in [0, 0.05) is 19.3 Å². The van der Waals surface area contributed by atoms with E-state index >= 15 is 0 Å². The SMILES string of the molecule is CC(C)CC(CC(C)C)OC(=O)CCCCCCCCC(CCCCCCCCC(=O)OC(CC(C)C)CC(C)C)OC(=O)CCCN(C)C. The number of carbonyl (C=O) groups is 3. The summed E-state index contributed by atoms with van der Waals surface area (Å²) < 4.78 is 17.6. The molecule has 0 aliphatic rings. The lowest BCUT2D eigenvalue weighted by molar-refractivity contribution is -0.151. The van der Waals surface area contributed by atoms with Crippen LogP contribution in [0.4, 0.5) is 0 Å². The number of rotatable bonds is 33. The summed E-state index contributed by atoms with van der Waals surface area (Å²) in [4.78, 5) is 39.5. The fourth-order valence-corrected chi connectivity index (χ4v) is 6.72. The van der Waals surface area contributed by atoms with Crippen molar-refractivity contribution >= 4 is 17.9 Å². The van der Waals surface area contributed by atoms with Crippen LogP contribution in [0.25, 0.3) is 0 Å². The van der Waals surface area contributed by atoms with E-state index in [1.165, 1.54) is 0 Å². The van der Waals surface area contributed by atoms with E-state index in [-0.39, 0.29) is 36.2 Å². The van der Waals surface area contributed by atoms with Crippen molar-refractivity contribution in [1.29, 1.82) is 0 Å². The molecule has 0 aliphatic carbocycles. The van der Waals surface area contributed by atoms with Gasteiger partial charge in [-0.3, -0.25) is 14.4 Å². The number of esters is 3. The van der Waals surface area contributed by atoms with Crippen LogP contribution in [0.15, 0.2) is 0 Å². The van der Waals surface area contributed by atoms with Gasteiger partial charge in [0.2, 0.25) is 0 Å². The van der Waals surface area contributed by atoms with Crippen molar-refractivity contribution < 1.29 is 28.6 Å². The Hall–Kier alpha value is -1.63. The quantitative estimate of drug-likeness (QED) is 0.0381. The standard InChI is InChI=1S/C43H83NO6/c1-34(2)30-39(31-35(3)4)49-41(45)26-21-17-13-11-15-19-24-38(48-43(47)28-23-29-44(9)10)25-20-16-12-14-18-22-27-42(46)50-40(32-36(5)6)33-37(7)8/h34-40H,11-33H2,1-10H3. The first-order chi connectivity index (χ1) is 23.7. The molecule has 0 spiro atoms. The first-order valence-corrected chi connectivity index (χ1v) is 20.9. The number of hydrogen-bond acceptors (Lipinski definition) is 7. The molecule has 7 nitrogen and oxygen atoms in total. The van der Waals surface area contributed by atoms with E-state index in [0.717, 1.165) is 129 Å². The van der Waals surface area contributed by atoms with Crippen molar-refractivity contribution in [1.82, 2.24) is 4.90 Å². The Labute approximate surface area is 310 Å². The summed E-state index contributed by atoms with van der Waals surface area (Å²) in [5.74, 6) is 1.96. The summed E-state index contributed by atoms with van der Waals surface area (Å²) in [7, 11) is 4.06. The third kappa shape index (κ3) is 32.3. The third-order valence-corrected chi connectivity index (χ3v) is 9.13. The van der Waals surface area contributed by atoms with Crippen molar-refractivity contribution in [3.8, 4) is 0 Å². The number of carbonyl (C=O) groups excluding carboxylic acids is 3. The molecule has 0 aliphatic heterocycles. The molecule has 0 bridgehead atoms. The highest BCUT2D eigenvalue weighted by atomic mass is 16.6. The zero-order valence-corrected chi connectivity index (χ0v) is 34.7. The molecule has 0 saturated carbocycles. The minimum Gasteiger partial charge on any atom is -0.462 e. The first-order valence-electron chi connectivity index (χ1n) is 20.9. The monoisotopic (exact) mass is 710 g/mol. The van der Waals surface area contributed by atoms with Crippen LogP contribution in [0, 0.1) is 23.7 Å². The highest BCUT2D eigenvalue weighted by Gasteiger charge is 2.19. The average molecular weight is 710 g/mol. The summed E-state index contributed by atoms with van der Waals surface area (Å²) >= 11 is 0. The van der Waals surface area contributed by atoms with Gasteiger partial charge in [-0.15, -0.1) is 0 Å². The van der Waals surface area contributed by atoms with Gasteiger partial charge in [-0.25, -0.2) is 0 Å². The van der Waals surface area contributed by atoms with Crippen molar-refractivity contribution in [2.24, 2.45) is 23.7 Å². The van der Waals surface area contributed by atoms with E-state index in [4.69, 9.17) is 14.2 Å². The van der Waals surface area contributed by atoms with Gasteiger partial charge in [0.1, 0.15) is 18.3 Å². The van der Waals surface area contributed by atoms with Gasteiger partial charge < -0.3 is 19.1 Å². The minimum atomic E-state index is -0.0660. The van der Waals surface area contributed by atoms with E-state index < -0.39 is 0 Å². The first kappa shape index (κ1) is 48.4. The van der Waals surface area contributed by atoms with Crippen molar-refractivity contribution in [2.75, 3.05) is 20.6 Å². The van der Waals surface area contributed by atoms with Crippen LogP contribution in [0.5, 0.6) is 0 Å². The zero-order valence-electron chi connectivity index (χ0n) is 34.7. The molecule has 0 saturated heterocycles. The summed E-state index contributed by atoms with van der Waals surface area (Å²) in [5, 5.41) is 0. The maximum atomic E-state index is 12.6. The molecule has 0 aromatic heterocycles. The van der Waals surface area contributed by atoms with Gasteiger partial charge in [-0.05, 0) is 115 Å². The minimum absolute atomic E-state index is 0.000597. The third-order valence-electron chi connectivity index (χ3n) is 9.13. The highest BCUT2D eigenvalue weighted by Crippen LogP contribution is 2.21. The maximum Gasteiger partial charge on any atom is 0.306 e. The Morgan fingerprint density at radius 1 is 0.400 bits per heavy atom. The number of hydrogen-bond donors (Lipinski definition) is 0. The van der Waals surface area contributed by atoms with Crippen molar-refractivity contribution in [2.45, 2.75) is 215 Å². The topological polar surface area (TPSA) is 82.1 Å². The van der Waals surface area contributed by atoms with Crippen LogP contribution in [-0.4, -0.2) is 61.8 Å². The van der Waals surface area contributed by atoms with E-state index in [9.17, 15) is 14.4 Å². The molecule has 0 amide bonds. The predicted octanol–water partition coefficient (Wildman–Crippen LogP) is 11.5. The molecule has 0 aromatic carbocycles. The molecule has 0 rings (SSSR count). The normalized spacial score (nSPS) is 12.1. The lowest BCUT2D eigenvalue weighted by atomic mass is 9.98. The molecule has 50 heavy (non-hydrogen) atoms. The molecular formula is C43H83NO6. The van der Waals surface area contributed by atoms with Gasteiger partial charge in [0.05, 0.1) is 0 Å². The second kappa shape index (κ2) is 30.9. The lowest BCUT2D eigenvalue weighted by Crippen LogP contribution is -2.22. The summed E-state index contributed by atoms with van der Waals surface area (Å²) in [6.07, 6.45) is 20.8. The number of unbranched alkanes of at least 4 members (excludes halogenated alkanes) is 10. The Balaban J connectivity index is 4.37. The Kier molecular flexibility index (Phi) is 29.9. The molecule has 0 heterocycles. The highest BCUT2D eigenvalue weighted by molar-refractivity contribution is 5.70. The van der Waals surface area contributed by atoms with E-state index in [1.807, 2.05) is 14.1 Å². The van der Waals surface area contributed by atoms with Gasteiger partial charge in [-0.1, -0.05) is 107 Å². The Bertz CT molecular complexity index is 765.